The smallest absolute Gasteiger partial charge is 0.325 e. The van der Waals surface area contributed by atoms with Crippen molar-refractivity contribution in [1.29, 1.82) is 0 Å². The summed E-state index contributed by atoms with van der Waals surface area (Å²) in [5, 5.41) is 14.1. The molecule has 0 radical (unpaired) electrons. The van der Waals surface area contributed by atoms with Crippen molar-refractivity contribution in [1.82, 2.24) is 10.3 Å². The van der Waals surface area contributed by atoms with Crippen LogP contribution in [0.15, 0.2) is 29.6 Å². The molecule has 0 saturated carbocycles. The van der Waals surface area contributed by atoms with Crippen LogP contribution in [0.3, 0.4) is 0 Å². The van der Waals surface area contributed by atoms with Crippen molar-refractivity contribution < 1.29 is 19.4 Å². The number of hydrogen-bond donors (Lipinski definition) is 2. The Morgan fingerprint density at radius 2 is 2.23 bits per heavy atom. The molecule has 0 fully saturated rings. The number of aliphatic carboxylic acids is 1. The normalized spacial score (nSPS) is 11.7. The molecule has 0 aliphatic carbocycles. The number of carbonyl (C=O) groups excluding carboxylic acids is 1. The van der Waals surface area contributed by atoms with Crippen LogP contribution in [0.5, 0.6) is 5.75 Å². The summed E-state index contributed by atoms with van der Waals surface area (Å²) >= 11 is 1.55. The maximum Gasteiger partial charge on any atom is 0.325 e. The zero-order valence-corrected chi connectivity index (χ0v) is 13.0. The molecule has 0 aliphatic heterocycles. The molecule has 1 amide bonds. The third-order valence-corrected chi connectivity index (χ3v) is 3.69. The fraction of sp³-hybridized carbons (Fsp3) is 0.267. The predicted octanol–water partition coefficient (Wildman–Crippen LogP) is 2.23. The van der Waals surface area contributed by atoms with Gasteiger partial charge in [-0.05, 0) is 32.0 Å². The maximum atomic E-state index is 11.9. The molecule has 0 unspecified atom stereocenters. The summed E-state index contributed by atoms with van der Waals surface area (Å²) in [6.45, 7) is 3.65. The standard InChI is InChI=1S/C15H16N2O4S/c1-9(15(19)20)16-14(18)11-4-3-5-13(6-11)21-7-12-8-22-10(2)17-12/h3-6,8-9H,7H2,1-2H3,(H,16,18)(H,19,20)/t9-/m1/s1. The van der Waals surface area contributed by atoms with E-state index in [0.29, 0.717) is 17.9 Å². The SMILES string of the molecule is Cc1nc(COc2cccc(C(=O)N[C@H](C)C(=O)O)c2)cs1. The number of amides is 1. The highest BCUT2D eigenvalue weighted by molar-refractivity contribution is 7.09. The third kappa shape index (κ3) is 4.29. The summed E-state index contributed by atoms with van der Waals surface area (Å²) in [6.07, 6.45) is 0. The van der Waals surface area contributed by atoms with Crippen LogP contribution in [-0.4, -0.2) is 28.0 Å². The Labute approximate surface area is 131 Å². The number of rotatable bonds is 6. The minimum atomic E-state index is -1.08. The van der Waals surface area contributed by atoms with E-state index in [1.165, 1.54) is 6.92 Å². The topological polar surface area (TPSA) is 88.5 Å². The van der Waals surface area contributed by atoms with Gasteiger partial charge in [0.05, 0.1) is 10.7 Å². The van der Waals surface area contributed by atoms with Gasteiger partial charge in [-0.3, -0.25) is 9.59 Å². The first-order valence-electron chi connectivity index (χ1n) is 6.63. The van der Waals surface area contributed by atoms with Crippen LogP contribution >= 0.6 is 11.3 Å². The van der Waals surface area contributed by atoms with Gasteiger partial charge in [-0.1, -0.05) is 6.07 Å². The number of carboxylic acids is 1. The Balaban J connectivity index is 2.00. The number of nitrogens with zero attached hydrogens (tertiary/aromatic N) is 1. The Bertz CT molecular complexity index is 684. The highest BCUT2D eigenvalue weighted by Gasteiger charge is 2.15. The lowest BCUT2D eigenvalue weighted by atomic mass is 10.2. The average molecular weight is 320 g/mol. The fourth-order valence-corrected chi connectivity index (χ4v) is 2.30. The van der Waals surface area contributed by atoms with E-state index in [-0.39, 0.29) is 0 Å². The summed E-state index contributed by atoms with van der Waals surface area (Å²) in [6, 6.07) is 5.64. The van der Waals surface area contributed by atoms with E-state index in [2.05, 4.69) is 10.3 Å². The summed E-state index contributed by atoms with van der Waals surface area (Å²) in [5.74, 6) is -1.01. The first-order chi connectivity index (χ1) is 10.5. The zero-order valence-electron chi connectivity index (χ0n) is 12.2. The molecule has 0 spiro atoms. The van der Waals surface area contributed by atoms with Crippen LogP contribution in [0, 0.1) is 6.92 Å². The van der Waals surface area contributed by atoms with Crippen molar-refractivity contribution in [3.8, 4) is 5.75 Å². The molecule has 22 heavy (non-hydrogen) atoms. The summed E-state index contributed by atoms with van der Waals surface area (Å²) in [5.41, 5.74) is 1.18. The van der Waals surface area contributed by atoms with Gasteiger partial charge in [-0.25, -0.2) is 4.98 Å². The van der Waals surface area contributed by atoms with E-state index in [4.69, 9.17) is 9.84 Å². The van der Waals surface area contributed by atoms with Crippen molar-refractivity contribution in [3.63, 3.8) is 0 Å². The molecule has 2 N–H and O–H groups in total. The van der Waals surface area contributed by atoms with Gasteiger partial charge in [-0.2, -0.15) is 0 Å². The molecular formula is C15H16N2O4S. The molecule has 0 saturated heterocycles. The molecular weight excluding hydrogens is 304 g/mol. The van der Waals surface area contributed by atoms with E-state index in [1.807, 2.05) is 12.3 Å². The molecule has 1 aromatic heterocycles. The molecule has 1 atom stereocenters. The minimum absolute atomic E-state index is 0.320. The van der Waals surface area contributed by atoms with Crippen LogP contribution in [0.1, 0.15) is 28.0 Å². The first kappa shape index (κ1) is 16.0. The monoisotopic (exact) mass is 320 g/mol. The van der Waals surface area contributed by atoms with Crippen LogP contribution in [0.2, 0.25) is 0 Å². The Kier molecular flexibility index (Phi) is 5.11. The van der Waals surface area contributed by atoms with Gasteiger partial charge in [0.2, 0.25) is 0 Å². The Morgan fingerprint density at radius 1 is 1.45 bits per heavy atom. The zero-order chi connectivity index (χ0) is 16.1. The van der Waals surface area contributed by atoms with Gasteiger partial charge in [0, 0.05) is 10.9 Å². The predicted molar refractivity (Wildman–Crippen MR) is 82.2 cm³/mol. The summed E-state index contributed by atoms with van der Waals surface area (Å²) in [7, 11) is 0. The van der Waals surface area contributed by atoms with Crippen LogP contribution in [0.4, 0.5) is 0 Å². The van der Waals surface area contributed by atoms with E-state index in [9.17, 15) is 9.59 Å². The van der Waals surface area contributed by atoms with E-state index < -0.39 is 17.9 Å². The molecule has 2 rings (SSSR count). The number of hydrogen-bond acceptors (Lipinski definition) is 5. The van der Waals surface area contributed by atoms with Crippen molar-refractivity contribution in [2.75, 3.05) is 0 Å². The molecule has 7 heteroatoms. The van der Waals surface area contributed by atoms with Crippen LogP contribution < -0.4 is 10.1 Å². The Morgan fingerprint density at radius 3 is 2.86 bits per heavy atom. The molecule has 0 bridgehead atoms. The number of carboxylic acid groups (broad SMARTS) is 1. The lowest BCUT2D eigenvalue weighted by molar-refractivity contribution is -0.138. The highest BCUT2D eigenvalue weighted by atomic mass is 32.1. The molecule has 6 nitrogen and oxygen atoms in total. The number of carbonyl (C=O) groups is 2. The van der Waals surface area contributed by atoms with Crippen molar-refractivity contribution >= 4 is 23.2 Å². The van der Waals surface area contributed by atoms with E-state index >= 15 is 0 Å². The van der Waals surface area contributed by atoms with E-state index in [0.717, 1.165) is 10.7 Å². The van der Waals surface area contributed by atoms with Gasteiger partial charge in [0.25, 0.3) is 5.91 Å². The Hall–Kier alpha value is -2.41. The van der Waals surface area contributed by atoms with Crippen molar-refractivity contribution in [2.45, 2.75) is 26.5 Å². The molecule has 116 valence electrons. The number of aryl methyl sites for hydroxylation is 1. The number of benzene rings is 1. The van der Waals surface area contributed by atoms with Gasteiger partial charge < -0.3 is 15.2 Å². The molecule has 0 aliphatic rings. The number of thiazole rings is 1. The second-order valence-electron chi connectivity index (χ2n) is 4.71. The second-order valence-corrected chi connectivity index (χ2v) is 5.77. The van der Waals surface area contributed by atoms with Gasteiger partial charge in [0.1, 0.15) is 18.4 Å². The quantitative estimate of drug-likeness (QED) is 0.852. The number of aromatic nitrogens is 1. The van der Waals surface area contributed by atoms with Gasteiger partial charge in [-0.15, -0.1) is 11.3 Å². The fourth-order valence-electron chi connectivity index (χ4n) is 1.70. The third-order valence-electron chi connectivity index (χ3n) is 2.87. The van der Waals surface area contributed by atoms with Crippen molar-refractivity contribution in [2.24, 2.45) is 0 Å². The summed E-state index contributed by atoms with van der Waals surface area (Å²) in [4.78, 5) is 27.0. The lowest BCUT2D eigenvalue weighted by Crippen LogP contribution is -2.38. The first-order valence-corrected chi connectivity index (χ1v) is 7.51. The minimum Gasteiger partial charge on any atom is -0.487 e. The van der Waals surface area contributed by atoms with Crippen LogP contribution in [-0.2, 0) is 11.4 Å². The maximum absolute atomic E-state index is 11.9. The molecule has 1 aromatic carbocycles. The molecule has 1 heterocycles. The highest BCUT2D eigenvalue weighted by Crippen LogP contribution is 2.16. The number of ether oxygens (including phenoxy) is 1. The summed E-state index contributed by atoms with van der Waals surface area (Å²) < 4.78 is 5.60. The number of nitrogens with one attached hydrogen (secondary N) is 1. The van der Waals surface area contributed by atoms with Gasteiger partial charge in [0.15, 0.2) is 0 Å². The van der Waals surface area contributed by atoms with Crippen molar-refractivity contribution in [3.05, 3.63) is 45.9 Å². The van der Waals surface area contributed by atoms with Crippen LogP contribution in [0.25, 0.3) is 0 Å². The molecule has 2 aromatic rings. The van der Waals surface area contributed by atoms with Gasteiger partial charge >= 0.3 is 5.97 Å². The van der Waals surface area contributed by atoms with E-state index in [1.54, 1.807) is 35.6 Å². The average Bonchev–Trinajstić information content (AvgIpc) is 2.91. The second kappa shape index (κ2) is 7.04. The largest absolute Gasteiger partial charge is 0.487 e. The lowest BCUT2D eigenvalue weighted by Gasteiger charge is -2.10.